The minimum atomic E-state index is -0.627. The van der Waals surface area contributed by atoms with Crippen LogP contribution in [-0.2, 0) is 11.3 Å². The van der Waals surface area contributed by atoms with E-state index in [0.29, 0.717) is 18.7 Å². The highest BCUT2D eigenvalue weighted by Gasteiger charge is 2.28. The molecule has 1 N–H and O–H groups in total. The van der Waals surface area contributed by atoms with E-state index in [0.717, 1.165) is 24.9 Å². The molecule has 1 aliphatic heterocycles. The van der Waals surface area contributed by atoms with E-state index in [9.17, 15) is 9.90 Å². The monoisotopic (exact) mass is 263 g/mol. The largest absolute Gasteiger partial charge is 0.465 e. The van der Waals surface area contributed by atoms with Crippen molar-refractivity contribution >= 4 is 5.97 Å². The highest BCUT2D eigenvalue weighted by Crippen LogP contribution is 2.22. The Morgan fingerprint density at radius 1 is 1.47 bits per heavy atom. The molecule has 19 heavy (non-hydrogen) atoms. The quantitative estimate of drug-likeness (QED) is 0.845. The van der Waals surface area contributed by atoms with Crippen molar-refractivity contribution in [2.24, 2.45) is 0 Å². The second-order valence-corrected chi connectivity index (χ2v) is 5.46. The number of nitrogens with zero attached hydrogens (tertiary/aromatic N) is 1. The fraction of sp³-hybridized carbons (Fsp3) is 0.533. The molecular weight excluding hydrogens is 242 g/mol. The Morgan fingerprint density at radius 3 is 2.89 bits per heavy atom. The van der Waals surface area contributed by atoms with Crippen LogP contribution in [0.3, 0.4) is 0 Å². The molecular formula is C15H21NO3. The van der Waals surface area contributed by atoms with Gasteiger partial charge in [-0.15, -0.1) is 0 Å². The number of β-amino-alcohol motifs (C(OH)–C–C–N with tert-alkyl or cyclic N) is 1. The maximum absolute atomic E-state index is 11.7. The average Bonchev–Trinajstić information content (AvgIpc) is 2.37. The first-order chi connectivity index (χ1) is 9.02. The van der Waals surface area contributed by atoms with E-state index in [2.05, 4.69) is 4.90 Å². The van der Waals surface area contributed by atoms with E-state index in [1.807, 2.05) is 25.1 Å². The molecule has 2 rings (SSSR count). The zero-order chi connectivity index (χ0) is 13.9. The molecule has 1 fully saturated rings. The number of ether oxygens (including phenoxy) is 1. The first-order valence-electron chi connectivity index (χ1n) is 6.63. The fourth-order valence-electron chi connectivity index (χ4n) is 2.67. The number of carbonyl (C=O) groups is 1. The van der Waals surface area contributed by atoms with Crippen LogP contribution in [0.4, 0.5) is 0 Å². The standard InChI is InChI=1S/C15H21NO3/c1-15(18)8-5-9-16(11-15)10-12-6-3-4-7-13(12)14(17)19-2/h3-4,6-7,18H,5,8-11H2,1-2H3. The minimum absolute atomic E-state index is 0.306. The zero-order valence-electron chi connectivity index (χ0n) is 11.6. The van der Waals surface area contributed by atoms with Crippen LogP contribution < -0.4 is 0 Å². The second kappa shape index (κ2) is 5.72. The molecule has 104 valence electrons. The summed E-state index contributed by atoms with van der Waals surface area (Å²) in [5, 5.41) is 10.1. The van der Waals surface area contributed by atoms with Gasteiger partial charge in [0.25, 0.3) is 0 Å². The molecule has 0 bridgehead atoms. The Kier molecular flexibility index (Phi) is 4.22. The lowest BCUT2D eigenvalue weighted by molar-refractivity contribution is -0.0182. The Labute approximate surface area is 114 Å². The van der Waals surface area contributed by atoms with E-state index in [4.69, 9.17) is 4.74 Å². The summed E-state index contributed by atoms with van der Waals surface area (Å²) in [5.74, 6) is -0.306. The van der Waals surface area contributed by atoms with Crippen molar-refractivity contribution in [1.82, 2.24) is 4.90 Å². The predicted molar refractivity (Wildman–Crippen MR) is 72.9 cm³/mol. The van der Waals surface area contributed by atoms with Gasteiger partial charge in [-0.1, -0.05) is 18.2 Å². The number of carbonyl (C=O) groups excluding carboxylic acids is 1. The first-order valence-corrected chi connectivity index (χ1v) is 6.63. The maximum Gasteiger partial charge on any atom is 0.338 e. The van der Waals surface area contributed by atoms with Crippen molar-refractivity contribution in [3.05, 3.63) is 35.4 Å². The number of hydrogen-bond acceptors (Lipinski definition) is 4. The number of esters is 1. The minimum Gasteiger partial charge on any atom is -0.465 e. The van der Waals surface area contributed by atoms with Gasteiger partial charge in [0.1, 0.15) is 0 Å². The number of benzene rings is 1. The topological polar surface area (TPSA) is 49.8 Å². The summed E-state index contributed by atoms with van der Waals surface area (Å²) in [6.45, 7) is 4.13. The van der Waals surface area contributed by atoms with Crippen LogP contribution in [0.25, 0.3) is 0 Å². The van der Waals surface area contributed by atoms with Crippen molar-refractivity contribution in [3.63, 3.8) is 0 Å². The third-order valence-corrected chi connectivity index (χ3v) is 3.57. The van der Waals surface area contributed by atoms with Crippen LogP contribution >= 0.6 is 0 Å². The summed E-state index contributed by atoms with van der Waals surface area (Å²) in [6, 6.07) is 7.48. The van der Waals surface area contributed by atoms with Crippen molar-refractivity contribution in [2.75, 3.05) is 20.2 Å². The van der Waals surface area contributed by atoms with E-state index < -0.39 is 5.60 Å². The lowest BCUT2D eigenvalue weighted by atomic mass is 9.94. The summed E-state index contributed by atoms with van der Waals surface area (Å²) >= 11 is 0. The second-order valence-electron chi connectivity index (χ2n) is 5.46. The van der Waals surface area contributed by atoms with Gasteiger partial charge in [-0.25, -0.2) is 4.79 Å². The highest BCUT2D eigenvalue weighted by atomic mass is 16.5. The van der Waals surface area contributed by atoms with E-state index in [1.165, 1.54) is 7.11 Å². The van der Waals surface area contributed by atoms with Gasteiger partial charge in [-0.2, -0.15) is 0 Å². The molecule has 0 radical (unpaired) electrons. The lowest BCUT2D eigenvalue weighted by Crippen LogP contribution is -2.45. The average molecular weight is 263 g/mol. The van der Waals surface area contributed by atoms with Crippen LogP contribution in [0, 0.1) is 0 Å². The van der Waals surface area contributed by atoms with E-state index in [-0.39, 0.29) is 5.97 Å². The van der Waals surface area contributed by atoms with E-state index >= 15 is 0 Å². The summed E-state index contributed by atoms with van der Waals surface area (Å²) in [6.07, 6.45) is 1.82. The first kappa shape index (κ1) is 14.0. The zero-order valence-corrected chi connectivity index (χ0v) is 11.6. The molecule has 1 saturated heterocycles. The molecule has 1 aromatic carbocycles. The summed E-state index contributed by atoms with van der Waals surface area (Å²) in [4.78, 5) is 13.9. The fourth-order valence-corrected chi connectivity index (χ4v) is 2.67. The van der Waals surface area contributed by atoms with Crippen LogP contribution in [0.1, 0.15) is 35.7 Å². The predicted octanol–water partition coefficient (Wildman–Crippen LogP) is 1.82. The number of aliphatic hydroxyl groups is 1. The van der Waals surface area contributed by atoms with Crippen LogP contribution in [0.15, 0.2) is 24.3 Å². The molecule has 1 atom stereocenters. The van der Waals surface area contributed by atoms with Gasteiger partial charge in [-0.05, 0) is 37.9 Å². The van der Waals surface area contributed by atoms with Gasteiger partial charge in [-0.3, -0.25) is 4.90 Å². The molecule has 0 amide bonds. The highest BCUT2D eigenvalue weighted by molar-refractivity contribution is 5.90. The van der Waals surface area contributed by atoms with Gasteiger partial charge in [0.05, 0.1) is 18.3 Å². The summed E-state index contributed by atoms with van der Waals surface area (Å²) in [7, 11) is 1.39. The molecule has 0 aliphatic carbocycles. The molecule has 0 aromatic heterocycles. The number of rotatable bonds is 3. The lowest BCUT2D eigenvalue weighted by Gasteiger charge is -2.37. The third kappa shape index (κ3) is 3.55. The van der Waals surface area contributed by atoms with E-state index in [1.54, 1.807) is 6.07 Å². The van der Waals surface area contributed by atoms with Crippen molar-refractivity contribution < 1.29 is 14.6 Å². The number of likely N-dealkylation sites (tertiary alicyclic amines) is 1. The molecule has 4 heteroatoms. The number of hydrogen-bond donors (Lipinski definition) is 1. The van der Waals surface area contributed by atoms with Crippen molar-refractivity contribution in [1.29, 1.82) is 0 Å². The SMILES string of the molecule is COC(=O)c1ccccc1CN1CCCC(C)(O)C1. The summed E-state index contributed by atoms with van der Waals surface area (Å²) in [5.41, 5.74) is 0.931. The molecule has 0 spiro atoms. The van der Waals surface area contributed by atoms with Gasteiger partial charge < -0.3 is 9.84 Å². The van der Waals surface area contributed by atoms with Crippen LogP contribution in [0.2, 0.25) is 0 Å². The maximum atomic E-state index is 11.7. The number of methoxy groups -OCH3 is 1. The van der Waals surface area contributed by atoms with Gasteiger partial charge in [0.15, 0.2) is 0 Å². The molecule has 1 aromatic rings. The van der Waals surface area contributed by atoms with Gasteiger partial charge in [0.2, 0.25) is 0 Å². The number of piperidine rings is 1. The Balaban J connectivity index is 2.13. The molecule has 1 aliphatic rings. The Bertz CT molecular complexity index is 456. The molecule has 4 nitrogen and oxygen atoms in total. The molecule has 0 saturated carbocycles. The molecule has 1 heterocycles. The smallest absolute Gasteiger partial charge is 0.338 e. The molecule has 1 unspecified atom stereocenters. The Hall–Kier alpha value is -1.39. The van der Waals surface area contributed by atoms with Gasteiger partial charge in [0, 0.05) is 13.1 Å². The van der Waals surface area contributed by atoms with Gasteiger partial charge >= 0.3 is 5.97 Å². The summed E-state index contributed by atoms with van der Waals surface area (Å²) < 4.78 is 4.80. The Morgan fingerprint density at radius 2 is 2.21 bits per heavy atom. The normalized spacial score (nSPS) is 24.2. The third-order valence-electron chi connectivity index (χ3n) is 3.57. The van der Waals surface area contributed by atoms with Crippen LogP contribution in [-0.4, -0.2) is 41.8 Å². The van der Waals surface area contributed by atoms with Crippen molar-refractivity contribution in [2.45, 2.75) is 31.9 Å². The van der Waals surface area contributed by atoms with Crippen molar-refractivity contribution in [3.8, 4) is 0 Å². The van der Waals surface area contributed by atoms with Crippen LogP contribution in [0.5, 0.6) is 0 Å².